The van der Waals surface area contributed by atoms with Crippen molar-refractivity contribution in [3.8, 4) is 11.5 Å². The van der Waals surface area contributed by atoms with Crippen LogP contribution in [0.3, 0.4) is 0 Å². The number of fused-ring (bicyclic) bond motifs is 1. The maximum absolute atomic E-state index is 12.5. The van der Waals surface area contributed by atoms with Crippen LogP contribution in [0.1, 0.15) is 48.9 Å². The first kappa shape index (κ1) is 16.9. The summed E-state index contributed by atoms with van der Waals surface area (Å²) in [5, 5.41) is 6.88. The SMILES string of the molecule is COc1cccc2c1OC[C@H](C(=O)NCc1noc(C3CCCC3)n1)C2. The van der Waals surface area contributed by atoms with Gasteiger partial charge in [-0.3, -0.25) is 4.79 Å². The summed E-state index contributed by atoms with van der Waals surface area (Å²) in [5.74, 6) is 2.74. The van der Waals surface area contributed by atoms with Crippen molar-refractivity contribution < 1.29 is 18.8 Å². The molecule has 1 amide bonds. The van der Waals surface area contributed by atoms with Crippen LogP contribution in [-0.4, -0.2) is 29.8 Å². The van der Waals surface area contributed by atoms with E-state index < -0.39 is 0 Å². The number of para-hydroxylation sites is 1. The van der Waals surface area contributed by atoms with Crippen molar-refractivity contribution in [1.29, 1.82) is 0 Å². The lowest BCUT2D eigenvalue weighted by molar-refractivity contribution is -0.126. The molecule has 1 atom stereocenters. The molecule has 0 bridgehead atoms. The second-order valence-corrected chi connectivity index (χ2v) is 6.91. The molecule has 0 radical (unpaired) electrons. The van der Waals surface area contributed by atoms with Gasteiger partial charge in [0.1, 0.15) is 6.61 Å². The minimum absolute atomic E-state index is 0.0642. The molecule has 0 saturated heterocycles. The predicted molar refractivity (Wildman–Crippen MR) is 93.0 cm³/mol. The molecule has 7 nitrogen and oxygen atoms in total. The highest BCUT2D eigenvalue weighted by atomic mass is 16.5. The van der Waals surface area contributed by atoms with Crippen LogP contribution in [0.2, 0.25) is 0 Å². The summed E-state index contributed by atoms with van der Waals surface area (Å²) in [6.07, 6.45) is 5.27. The van der Waals surface area contributed by atoms with Gasteiger partial charge < -0.3 is 19.3 Å². The van der Waals surface area contributed by atoms with Gasteiger partial charge in [-0.1, -0.05) is 30.1 Å². The quantitative estimate of drug-likeness (QED) is 0.885. The monoisotopic (exact) mass is 357 g/mol. The van der Waals surface area contributed by atoms with E-state index in [0.29, 0.717) is 36.4 Å². The Bertz CT molecular complexity index is 783. The Morgan fingerprint density at radius 1 is 1.35 bits per heavy atom. The number of benzene rings is 1. The lowest BCUT2D eigenvalue weighted by atomic mass is 9.95. The maximum atomic E-state index is 12.5. The Balaban J connectivity index is 1.34. The molecule has 2 aliphatic rings. The highest BCUT2D eigenvalue weighted by Gasteiger charge is 2.28. The lowest BCUT2D eigenvalue weighted by Crippen LogP contribution is -2.37. The zero-order valence-corrected chi connectivity index (χ0v) is 14.9. The molecule has 2 heterocycles. The van der Waals surface area contributed by atoms with E-state index in [1.54, 1.807) is 7.11 Å². The Kier molecular flexibility index (Phi) is 4.77. The van der Waals surface area contributed by atoms with Gasteiger partial charge in [0.2, 0.25) is 11.8 Å². The number of carbonyl (C=O) groups excluding carboxylic acids is 1. The van der Waals surface area contributed by atoms with E-state index in [1.807, 2.05) is 18.2 Å². The summed E-state index contributed by atoms with van der Waals surface area (Å²) >= 11 is 0. The smallest absolute Gasteiger partial charge is 0.229 e. The van der Waals surface area contributed by atoms with E-state index in [1.165, 1.54) is 12.8 Å². The van der Waals surface area contributed by atoms with Crippen molar-refractivity contribution in [2.24, 2.45) is 5.92 Å². The Morgan fingerprint density at radius 2 is 2.19 bits per heavy atom. The van der Waals surface area contributed by atoms with Gasteiger partial charge in [0.05, 0.1) is 19.6 Å². The van der Waals surface area contributed by atoms with Crippen molar-refractivity contribution in [2.75, 3.05) is 13.7 Å². The number of ether oxygens (including phenoxy) is 2. The highest BCUT2D eigenvalue weighted by Crippen LogP contribution is 2.36. The first-order valence-electron chi connectivity index (χ1n) is 9.13. The molecule has 1 aromatic heterocycles. The molecule has 138 valence electrons. The third-order valence-corrected chi connectivity index (χ3v) is 5.16. The van der Waals surface area contributed by atoms with E-state index >= 15 is 0 Å². The summed E-state index contributed by atoms with van der Waals surface area (Å²) in [7, 11) is 1.61. The summed E-state index contributed by atoms with van der Waals surface area (Å²) in [6.45, 7) is 0.606. The molecule has 2 aromatic rings. The van der Waals surface area contributed by atoms with Gasteiger partial charge in [0.15, 0.2) is 17.3 Å². The van der Waals surface area contributed by atoms with Crippen molar-refractivity contribution >= 4 is 5.91 Å². The second-order valence-electron chi connectivity index (χ2n) is 6.91. The molecule has 1 aliphatic carbocycles. The predicted octanol–water partition coefficient (Wildman–Crippen LogP) is 2.60. The van der Waals surface area contributed by atoms with E-state index in [9.17, 15) is 4.79 Å². The highest BCUT2D eigenvalue weighted by molar-refractivity contribution is 5.79. The number of aromatic nitrogens is 2. The molecule has 1 aromatic carbocycles. The minimum Gasteiger partial charge on any atom is -0.493 e. The molecule has 1 fully saturated rings. The van der Waals surface area contributed by atoms with Crippen molar-refractivity contribution in [1.82, 2.24) is 15.5 Å². The number of nitrogens with zero attached hydrogens (tertiary/aromatic N) is 2. The standard InChI is InChI=1S/C19H23N3O4/c1-24-15-8-4-7-13-9-14(11-25-17(13)15)18(23)20-10-16-21-19(26-22-16)12-5-2-3-6-12/h4,7-8,12,14H,2-3,5-6,9-11H2,1H3,(H,20,23)/t14-/m1/s1. The number of hydrogen-bond donors (Lipinski definition) is 1. The fourth-order valence-corrected chi connectivity index (χ4v) is 3.71. The number of hydrogen-bond acceptors (Lipinski definition) is 6. The maximum Gasteiger partial charge on any atom is 0.229 e. The van der Waals surface area contributed by atoms with Gasteiger partial charge in [-0.2, -0.15) is 4.98 Å². The van der Waals surface area contributed by atoms with Gasteiger partial charge >= 0.3 is 0 Å². The number of rotatable bonds is 5. The molecule has 26 heavy (non-hydrogen) atoms. The van der Waals surface area contributed by atoms with Crippen molar-refractivity contribution in [2.45, 2.75) is 44.6 Å². The van der Waals surface area contributed by atoms with Gasteiger partial charge in [-0.25, -0.2) is 0 Å². The van der Waals surface area contributed by atoms with Crippen molar-refractivity contribution in [3.05, 3.63) is 35.5 Å². The van der Waals surface area contributed by atoms with Crippen LogP contribution in [-0.2, 0) is 17.8 Å². The third kappa shape index (κ3) is 3.38. The van der Waals surface area contributed by atoms with Crippen LogP contribution in [0, 0.1) is 5.92 Å². The molecule has 0 unspecified atom stereocenters. The third-order valence-electron chi connectivity index (χ3n) is 5.16. The summed E-state index contributed by atoms with van der Waals surface area (Å²) in [4.78, 5) is 16.9. The topological polar surface area (TPSA) is 86.5 Å². The second kappa shape index (κ2) is 7.35. The molecule has 1 N–H and O–H groups in total. The Morgan fingerprint density at radius 3 is 3.00 bits per heavy atom. The van der Waals surface area contributed by atoms with Gasteiger partial charge in [-0.15, -0.1) is 0 Å². The van der Waals surface area contributed by atoms with Crippen molar-refractivity contribution in [3.63, 3.8) is 0 Å². The molecule has 4 rings (SSSR count). The van der Waals surface area contributed by atoms with Gasteiger partial charge in [-0.05, 0) is 30.9 Å². The normalized spacial score (nSPS) is 19.7. The molecule has 1 aliphatic heterocycles. The van der Waals surface area contributed by atoms with Crippen LogP contribution < -0.4 is 14.8 Å². The minimum atomic E-state index is -0.240. The van der Waals surface area contributed by atoms with Gasteiger partial charge in [0, 0.05) is 5.92 Å². The van der Waals surface area contributed by atoms with Crippen LogP contribution in [0.15, 0.2) is 22.7 Å². The lowest BCUT2D eigenvalue weighted by Gasteiger charge is -2.25. The molecule has 1 saturated carbocycles. The zero-order valence-electron chi connectivity index (χ0n) is 14.9. The molecule has 7 heteroatoms. The van der Waals surface area contributed by atoms with Crippen LogP contribution in [0.25, 0.3) is 0 Å². The number of carbonyl (C=O) groups is 1. The fourth-order valence-electron chi connectivity index (χ4n) is 3.71. The number of nitrogens with one attached hydrogen (secondary N) is 1. The molecular weight excluding hydrogens is 334 g/mol. The van der Waals surface area contributed by atoms with Crippen LogP contribution in [0.5, 0.6) is 11.5 Å². The largest absolute Gasteiger partial charge is 0.493 e. The number of amides is 1. The van der Waals surface area contributed by atoms with E-state index in [0.717, 1.165) is 24.2 Å². The van der Waals surface area contributed by atoms with E-state index in [4.69, 9.17) is 14.0 Å². The Hall–Kier alpha value is -2.57. The zero-order chi connectivity index (χ0) is 17.9. The van der Waals surface area contributed by atoms with Crippen LogP contribution >= 0.6 is 0 Å². The molecule has 0 spiro atoms. The Labute approximate surface area is 152 Å². The van der Waals surface area contributed by atoms with Gasteiger partial charge in [0.25, 0.3) is 0 Å². The van der Waals surface area contributed by atoms with Crippen LogP contribution in [0.4, 0.5) is 0 Å². The first-order valence-corrected chi connectivity index (χ1v) is 9.13. The summed E-state index contributed by atoms with van der Waals surface area (Å²) in [5.41, 5.74) is 0.985. The summed E-state index contributed by atoms with van der Waals surface area (Å²) in [6, 6.07) is 5.73. The van der Waals surface area contributed by atoms with E-state index in [-0.39, 0.29) is 18.4 Å². The molecular formula is C19H23N3O4. The average Bonchev–Trinajstić information content (AvgIpc) is 3.36. The van der Waals surface area contributed by atoms with E-state index in [2.05, 4.69) is 15.5 Å². The first-order chi connectivity index (χ1) is 12.7. The summed E-state index contributed by atoms with van der Waals surface area (Å²) < 4.78 is 16.4. The fraction of sp³-hybridized carbons (Fsp3) is 0.526. The number of methoxy groups -OCH3 is 1. The average molecular weight is 357 g/mol.